The van der Waals surface area contributed by atoms with E-state index in [1.165, 1.54) is 0 Å². The highest BCUT2D eigenvalue weighted by Gasteiger charge is 2.23. The first-order chi connectivity index (χ1) is 13.7. The topological polar surface area (TPSA) is 83.0 Å². The van der Waals surface area contributed by atoms with Crippen LogP contribution in [0.2, 0.25) is 5.02 Å². The van der Waals surface area contributed by atoms with Crippen LogP contribution < -0.4 is 5.32 Å². The Morgan fingerprint density at radius 3 is 2.93 bits per heavy atom. The van der Waals surface area contributed by atoms with E-state index in [9.17, 15) is 5.11 Å². The number of pyridine rings is 1. The molecule has 7 heteroatoms. The number of aromatic hydroxyl groups is 1. The van der Waals surface area contributed by atoms with Gasteiger partial charge in [0, 0.05) is 28.4 Å². The zero-order valence-corrected chi connectivity index (χ0v) is 15.9. The molecule has 0 spiro atoms. The monoisotopic (exact) mass is 394 g/mol. The molecule has 0 saturated carbocycles. The molecule has 0 radical (unpaired) electrons. The van der Waals surface area contributed by atoms with Crippen LogP contribution in [0.3, 0.4) is 0 Å². The van der Waals surface area contributed by atoms with E-state index < -0.39 is 0 Å². The molecular weight excluding hydrogens is 376 g/mol. The highest BCUT2D eigenvalue weighted by molar-refractivity contribution is 6.32. The number of fused-ring (bicyclic) bond motifs is 2. The lowest BCUT2D eigenvalue weighted by atomic mass is 9.90. The Morgan fingerprint density at radius 1 is 1.21 bits per heavy atom. The zero-order valence-electron chi connectivity index (χ0n) is 15.2. The molecule has 5 rings (SSSR count). The van der Waals surface area contributed by atoms with Crippen LogP contribution in [0.4, 0.5) is 5.82 Å². The molecule has 2 N–H and O–H groups in total. The van der Waals surface area contributed by atoms with Crippen LogP contribution in [0.1, 0.15) is 29.7 Å². The van der Waals surface area contributed by atoms with Gasteiger partial charge < -0.3 is 14.8 Å². The summed E-state index contributed by atoms with van der Waals surface area (Å²) >= 11 is 6.51. The number of azo groups is 1. The number of hydrogen-bond acceptors (Lipinski definition) is 6. The molecule has 28 heavy (non-hydrogen) atoms. The number of benzene rings is 1. The third-order valence-corrected chi connectivity index (χ3v) is 5.79. The van der Waals surface area contributed by atoms with Gasteiger partial charge in [0.05, 0.1) is 5.39 Å². The second kappa shape index (κ2) is 7.04. The summed E-state index contributed by atoms with van der Waals surface area (Å²) in [5, 5.41) is 23.7. The lowest BCUT2D eigenvalue weighted by Gasteiger charge is -2.22. The molecule has 4 heterocycles. The Kier molecular flexibility index (Phi) is 4.37. The first-order valence-electron chi connectivity index (χ1n) is 9.43. The fourth-order valence-electron chi connectivity index (χ4n) is 3.92. The Bertz CT molecular complexity index is 1110. The second-order valence-electron chi connectivity index (χ2n) is 7.22. The third kappa shape index (κ3) is 2.99. The minimum absolute atomic E-state index is 0.0956. The van der Waals surface area contributed by atoms with Gasteiger partial charge in [-0.3, -0.25) is 0 Å². The van der Waals surface area contributed by atoms with Gasteiger partial charge in [0.2, 0.25) is 0 Å². The highest BCUT2D eigenvalue weighted by atomic mass is 35.5. The van der Waals surface area contributed by atoms with E-state index in [-0.39, 0.29) is 5.75 Å². The molecule has 142 valence electrons. The molecule has 2 aliphatic rings. The van der Waals surface area contributed by atoms with Crippen molar-refractivity contribution in [3.63, 3.8) is 0 Å². The average Bonchev–Trinajstić information content (AvgIpc) is 3.27. The molecule has 0 amide bonds. The Morgan fingerprint density at radius 2 is 2.07 bits per heavy atom. The SMILES string of the molecule is Oc1c(C=C2N=Nc3ncccc32)oc2c(CC3CCNCC3)c(Cl)ccc12. The Labute approximate surface area is 166 Å². The second-order valence-corrected chi connectivity index (χ2v) is 7.63. The lowest BCUT2D eigenvalue weighted by molar-refractivity contribution is 0.372. The van der Waals surface area contributed by atoms with Crippen LogP contribution in [0.15, 0.2) is 45.1 Å². The van der Waals surface area contributed by atoms with E-state index in [4.69, 9.17) is 16.0 Å². The first-order valence-corrected chi connectivity index (χ1v) is 9.81. The standard InChI is InChI=1S/C21H19ClN4O2/c22-16-4-3-14-19(27)18(11-17-13-2-1-7-24-21(13)26-25-17)28-20(14)15(16)10-12-5-8-23-9-6-12/h1-4,7,11-12,23,27H,5-6,8-10H2. The van der Waals surface area contributed by atoms with Crippen molar-refractivity contribution in [3.8, 4) is 5.75 Å². The van der Waals surface area contributed by atoms with Gasteiger partial charge in [-0.15, -0.1) is 10.2 Å². The summed E-state index contributed by atoms with van der Waals surface area (Å²) in [5.74, 6) is 1.58. The van der Waals surface area contributed by atoms with Crippen molar-refractivity contribution < 1.29 is 9.52 Å². The fourth-order valence-corrected chi connectivity index (χ4v) is 4.15. The van der Waals surface area contributed by atoms with Crippen molar-refractivity contribution in [2.24, 2.45) is 16.1 Å². The Hall–Kier alpha value is -2.70. The predicted octanol–water partition coefficient (Wildman–Crippen LogP) is 5.32. The summed E-state index contributed by atoms with van der Waals surface area (Å²) in [5.41, 5.74) is 3.04. The maximum atomic E-state index is 10.7. The van der Waals surface area contributed by atoms with Crippen LogP contribution in [-0.4, -0.2) is 23.2 Å². The molecule has 1 fully saturated rings. The van der Waals surface area contributed by atoms with Crippen LogP contribution in [-0.2, 0) is 6.42 Å². The summed E-state index contributed by atoms with van der Waals surface area (Å²) in [4.78, 5) is 4.19. The number of aromatic nitrogens is 1. The highest BCUT2D eigenvalue weighted by Crippen LogP contribution is 2.41. The van der Waals surface area contributed by atoms with E-state index in [1.807, 2.05) is 18.2 Å². The summed E-state index contributed by atoms with van der Waals surface area (Å²) in [6.07, 6.45) is 6.44. The van der Waals surface area contributed by atoms with Gasteiger partial charge in [-0.25, -0.2) is 4.98 Å². The van der Waals surface area contributed by atoms with E-state index >= 15 is 0 Å². The Balaban J connectivity index is 1.57. The van der Waals surface area contributed by atoms with Gasteiger partial charge in [0.1, 0.15) is 11.3 Å². The van der Waals surface area contributed by atoms with Crippen molar-refractivity contribution in [2.45, 2.75) is 19.3 Å². The minimum Gasteiger partial charge on any atom is -0.504 e. The fraction of sp³-hybridized carbons (Fsp3) is 0.286. The molecule has 0 atom stereocenters. The largest absolute Gasteiger partial charge is 0.504 e. The predicted molar refractivity (Wildman–Crippen MR) is 109 cm³/mol. The quantitative estimate of drug-likeness (QED) is 0.629. The van der Waals surface area contributed by atoms with Gasteiger partial charge >= 0.3 is 0 Å². The van der Waals surface area contributed by atoms with Crippen molar-refractivity contribution in [1.29, 1.82) is 0 Å². The number of rotatable bonds is 3. The zero-order chi connectivity index (χ0) is 19.1. The van der Waals surface area contributed by atoms with Gasteiger partial charge in [-0.1, -0.05) is 11.6 Å². The smallest absolute Gasteiger partial charge is 0.183 e. The third-order valence-electron chi connectivity index (χ3n) is 5.44. The van der Waals surface area contributed by atoms with Gasteiger partial charge in [-0.05, 0) is 62.5 Å². The number of nitrogens with zero attached hydrogens (tertiary/aromatic N) is 3. The molecule has 0 unspecified atom stereocenters. The maximum Gasteiger partial charge on any atom is 0.183 e. The molecule has 0 bridgehead atoms. The van der Waals surface area contributed by atoms with E-state index in [1.54, 1.807) is 18.3 Å². The van der Waals surface area contributed by atoms with Crippen LogP contribution in [0.25, 0.3) is 22.7 Å². The molecular formula is C21H19ClN4O2. The van der Waals surface area contributed by atoms with Crippen molar-refractivity contribution in [1.82, 2.24) is 10.3 Å². The van der Waals surface area contributed by atoms with Gasteiger partial charge in [0.25, 0.3) is 0 Å². The number of hydrogen-bond donors (Lipinski definition) is 2. The summed E-state index contributed by atoms with van der Waals surface area (Å²) < 4.78 is 6.08. The van der Waals surface area contributed by atoms with Gasteiger partial charge in [0.15, 0.2) is 17.3 Å². The lowest BCUT2D eigenvalue weighted by Crippen LogP contribution is -2.28. The van der Waals surface area contributed by atoms with E-state index in [2.05, 4.69) is 20.5 Å². The van der Waals surface area contributed by atoms with E-state index in [0.29, 0.717) is 39.2 Å². The van der Waals surface area contributed by atoms with Crippen LogP contribution in [0, 0.1) is 5.92 Å². The normalized spacial score (nSPS) is 18.2. The summed E-state index contributed by atoms with van der Waals surface area (Å²) in [6, 6.07) is 7.36. The number of halogens is 1. The van der Waals surface area contributed by atoms with Crippen LogP contribution in [0.5, 0.6) is 5.75 Å². The minimum atomic E-state index is 0.0956. The van der Waals surface area contributed by atoms with E-state index in [0.717, 1.165) is 43.5 Å². The van der Waals surface area contributed by atoms with Crippen molar-refractivity contribution in [3.05, 3.63) is 52.4 Å². The maximum absolute atomic E-state index is 10.7. The molecule has 0 aliphatic carbocycles. The summed E-state index contributed by atoms with van der Waals surface area (Å²) in [7, 11) is 0. The molecule has 3 aromatic rings. The number of piperidine rings is 1. The number of nitrogens with one attached hydrogen (secondary N) is 1. The van der Waals surface area contributed by atoms with Crippen LogP contribution >= 0.6 is 11.6 Å². The molecule has 2 aliphatic heterocycles. The summed E-state index contributed by atoms with van der Waals surface area (Å²) in [6.45, 7) is 2.05. The molecule has 1 saturated heterocycles. The number of furan rings is 1. The van der Waals surface area contributed by atoms with Gasteiger partial charge in [-0.2, -0.15) is 0 Å². The average molecular weight is 395 g/mol. The van der Waals surface area contributed by atoms with Crippen molar-refractivity contribution >= 4 is 40.2 Å². The molecule has 6 nitrogen and oxygen atoms in total. The van der Waals surface area contributed by atoms with Crippen molar-refractivity contribution in [2.75, 3.05) is 13.1 Å². The molecule has 2 aromatic heterocycles. The first kappa shape index (κ1) is 17.4. The molecule has 1 aromatic carbocycles.